The minimum Gasteiger partial charge on any atom is -0.381 e. The van der Waals surface area contributed by atoms with E-state index in [2.05, 4.69) is 4.98 Å². The van der Waals surface area contributed by atoms with Gasteiger partial charge in [-0.05, 0) is 25.0 Å². The molecule has 0 aliphatic carbocycles. The van der Waals surface area contributed by atoms with Crippen molar-refractivity contribution in [2.75, 3.05) is 13.2 Å². The Morgan fingerprint density at radius 3 is 3.06 bits per heavy atom. The Morgan fingerprint density at radius 1 is 1.59 bits per heavy atom. The van der Waals surface area contributed by atoms with Crippen LogP contribution in [0.2, 0.25) is 0 Å². The molecule has 1 fully saturated rings. The third kappa shape index (κ3) is 2.69. The van der Waals surface area contributed by atoms with Gasteiger partial charge in [0.15, 0.2) is 5.78 Å². The number of hydrogen-bond acceptors (Lipinski definition) is 4. The highest BCUT2D eigenvalue weighted by molar-refractivity contribution is 5.90. The van der Waals surface area contributed by atoms with E-state index in [9.17, 15) is 4.79 Å². The molecule has 1 saturated heterocycles. The zero-order valence-corrected chi connectivity index (χ0v) is 9.50. The number of Topliss-reactive ketones (excluding diaryl/α,β-unsaturated/α-hetero) is 1. The molecule has 17 heavy (non-hydrogen) atoms. The minimum atomic E-state index is -0.761. The molecular weight excluding hydrogens is 216 g/mol. The van der Waals surface area contributed by atoms with Gasteiger partial charge in [-0.25, -0.2) is 0 Å². The van der Waals surface area contributed by atoms with E-state index in [0.717, 1.165) is 12.8 Å². The fraction of sp³-hybridized carbons (Fsp3) is 0.462. The second-order valence-corrected chi connectivity index (χ2v) is 4.13. The van der Waals surface area contributed by atoms with Gasteiger partial charge in [0.2, 0.25) is 0 Å². The maximum absolute atomic E-state index is 12.2. The van der Waals surface area contributed by atoms with Gasteiger partial charge in [0.25, 0.3) is 0 Å². The Kier molecular flexibility index (Phi) is 3.84. The van der Waals surface area contributed by atoms with Gasteiger partial charge in [-0.1, -0.05) is 6.07 Å². The number of rotatable bonds is 3. The zero-order chi connectivity index (χ0) is 12.1. The van der Waals surface area contributed by atoms with Crippen LogP contribution < -0.4 is 0 Å². The highest BCUT2D eigenvalue weighted by Crippen LogP contribution is 2.23. The molecule has 1 aromatic rings. The molecule has 0 N–H and O–H groups in total. The van der Waals surface area contributed by atoms with Crippen LogP contribution in [-0.2, 0) is 9.53 Å². The highest BCUT2D eigenvalue weighted by atomic mass is 16.5. The lowest BCUT2D eigenvalue weighted by molar-refractivity contribution is -0.127. The molecule has 2 atom stereocenters. The van der Waals surface area contributed by atoms with E-state index >= 15 is 0 Å². The smallest absolute Gasteiger partial charge is 0.161 e. The topological polar surface area (TPSA) is 63.0 Å². The van der Waals surface area contributed by atoms with Crippen molar-refractivity contribution in [3.63, 3.8) is 0 Å². The molecular formula is C13H14N2O2. The first kappa shape index (κ1) is 11.7. The molecule has 2 heterocycles. The average molecular weight is 230 g/mol. The Labute approximate surface area is 100 Å². The van der Waals surface area contributed by atoms with Gasteiger partial charge in [-0.3, -0.25) is 9.78 Å². The standard InChI is InChI=1S/C13H14N2O2/c14-8-11(12-5-1-2-6-15-12)13(16)10-4-3-7-17-9-10/h1-2,5-6,10-11H,3-4,7,9H2. The highest BCUT2D eigenvalue weighted by Gasteiger charge is 2.30. The first-order valence-electron chi connectivity index (χ1n) is 5.75. The van der Waals surface area contributed by atoms with E-state index in [1.54, 1.807) is 24.4 Å². The summed E-state index contributed by atoms with van der Waals surface area (Å²) in [6.45, 7) is 1.15. The number of pyridine rings is 1. The Balaban J connectivity index is 2.13. The number of ether oxygens (including phenoxy) is 1. The van der Waals surface area contributed by atoms with E-state index in [1.807, 2.05) is 6.07 Å². The Hall–Kier alpha value is -1.73. The van der Waals surface area contributed by atoms with Crippen LogP contribution in [0.4, 0.5) is 0 Å². The van der Waals surface area contributed by atoms with Crippen molar-refractivity contribution in [3.05, 3.63) is 30.1 Å². The van der Waals surface area contributed by atoms with E-state index in [-0.39, 0.29) is 11.7 Å². The van der Waals surface area contributed by atoms with Crippen LogP contribution in [0, 0.1) is 17.2 Å². The SMILES string of the molecule is N#CC(C(=O)C1CCCOC1)c1ccccn1. The minimum absolute atomic E-state index is 0.0640. The van der Waals surface area contributed by atoms with E-state index in [4.69, 9.17) is 10.00 Å². The summed E-state index contributed by atoms with van der Waals surface area (Å²) in [6.07, 6.45) is 3.30. The second kappa shape index (κ2) is 5.55. The van der Waals surface area contributed by atoms with Crippen molar-refractivity contribution in [2.45, 2.75) is 18.8 Å². The second-order valence-electron chi connectivity index (χ2n) is 4.13. The molecule has 4 heteroatoms. The average Bonchev–Trinajstić information content (AvgIpc) is 2.42. The lowest BCUT2D eigenvalue weighted by Gasteiger charge is -2.22. The number of carbonyl (C=O) groups is 1. The number of nitriles is 1. The predicted molar refractivity (Wildman–Crippen MR) is 61.1 cm³/mol. The molecule has 0 amide bonds. The third-order valence-corrected chi connectivity index (χ3v) is 2.96. The monoisotopic (exact) mass is 230 g/mol. The summed E-state index contributed by atoms with van der Waals surface area (Å²) in [7, 11) is 0. The van der Waals surface area contributed by atoms with Crippen LogP contribution >= 0.6 is 0 Å². The van der Waals surface area contributed by atoms with Gasteiger partial charge in [-0.15, -0.1) is 0 Å². The van der Waals surface area contributed by atoms with E-state index in [0.29, 0.717) is 18.9 Å². The number of aromatic nitrogens is 1. The number of nitrogens with zero attached hydrogens (tertiary/aromatic N) is 2. The van der Waals surface area contributed by atoms with Crippen molar-refractivity contribution < 1.29 is 9.53 Å². The first-order chi connectivity index (χ1) is 8.33. The quantitative estimate of drug-likeness (QED) is 0.792. The van der Waals surface area contributed by atoms with Crippen molar-refractivity contribution in [1.82, 2.24) is 4.98 Å². The van der Waals surface area contributed by atoms with Gasteiger partial charge in [0.05, 0.1) is 18.4 Å². The number of carbonyl (C=O) groups excluding carboxylic acids is 1. The molecule has 0 aromatic carbocycles. The summed E-state index contributed by atoms with van der Waals surface area (Å²) in [5.74, 6) is -0.982. The third-order valence-electron chi connectivity index (χ3n) is 2.96. The van der Waals surface area contributed by atoms with E-state index in [1.165, 1.54) is 0 Å². The van der Waals surface area contributed by atoms with Crippen molar-refractivity contribution in [2.24, 2.45) is 5.92 Å². The molecule has 1 aliphatic heterocycles. The largest absolute Gasteiger partial charge is 0.381 e. The normalized spacial score (nSPS) is 21.5. The van der Waals surface area contributed by atoms with Crippen LogP contribution in [0.25, 0.3) is 0 Å². The first-order valence-corrected chi connectivity index (χ1v) is 5.75. The van der Waals surface area contributed by atoms with Gasteiger partial charge in [-0.2, -0.15) is 5.26 Å². The van der Waals surface area contributed by atoms with Gasteiger partial charge >= 0.3 is 0 Å². The summed E-state index contributed by atoms with van der Waals surface area (Å²) < 4.78 is 5.28. The molecule has 1 aromatic heterocycles. The molecule has 0 radical (unpaired) electrons. The fourth-order valence-electron chi connectivity index (χ4n) is 2.02. The van der Waals surface area contributed by atoms with Crippen LogP contribution in [0.5, 0.6) is 0 Å². The number of hydrogen-bond donors (Lipinski definition) is 0. The summed E-state index contributed by atoms with van der Waals surface area (Å²) in [6, 6.07) is 7.32. The lowest BCUT2D eigenvalue weighted by Crippen LogP contribution is -2.29. The summed E-state index contributed by atoms with van der Waals surface area (Å²) in [4.78, 5) is 16.3. The lowest BCUT2D eigenvalue weighted by atomic mass is 9.87. The van der Waals surface area contributed by atoms with Gasteiger partial charge in [0.1, 0.15) is 5.92 Å². The summed E-state index contributed by atoms with van der Waals surface area (Å²) >= 11 is 0. The fourth-order valence-corrected chi connectivity index (χ4v) is 2.02. The molecule has 1 aliphatic rings. The molecule has 88 valence electrons. The Morgan fingerprint density at radius 2 is 2.47 bits per heavy atom. The van der Waals surface area contributed by atoms with Crippen LogP contribution in [-0.4, -0.2) is 24.0 Å². The summed E-state index contributed by atoms with van der Waals surface area (Å²) in [5, 5.41) is 9.13. The summed E-state index contributed by atoms with van der Waals surface area (Å²) in [5.41, 5.74) is 0.533. The van der Waals surface area contributed by atoms with Crippen LogP contribution in [0.3, 0.4) is 0 Å². The van der Waals surface area contributed by atoms with Crippen LogP contribution in [0.15, 0.2) is 24.4 Å². The van der Waals surface area contributed by atoms with Gasteiger partial charge < -0.3 is 4.74 Å². The predicted octanol–water partition coefficient (Wildman–Crippen LogP) is 1.68. The molecule has 2 unspecified atom stereocenters. The maximum Gasteiger partial charge on any atom is 0.161 e. The maximum atomic E-state index is 12.2. The molecule has 2 rings (SSSR count). The number of ketones is 1. The van der Waals surface area contributed by atoms with Crippen molar-refractivity contribution in [3.8, 4) is 6.07 Å². The zero-order valence-electron chi connectivity index (χ0n) is 9.50. The van der Waals surface area contributed by atoms with Crippen LogP contribution in [0.1, 0.15) is 24.5 Å². The van der Waals surface area contributed by atoms with Crippen molar-refractivity contribution >= 4 is 5.78 Å². The van der Waals surface area contributed by atoms with Crippen molar-refractivity contribution in [1.29, 1.82) is 5.26 Å². The molecule has 0 saturated carbocycles. The van der Waals surface area contributed by atoms with E-state index < -0.39 is 5.92 Å². The Bertz CT molecular complexity index is 419. The molecule has 4 nitrogen and oxygen atoms in total. The molecule has 0 bridgehead atoms. The molecule has 0 spiro atoms. The van der Waals surface area contributed by atoms with Gasteiger partial charge in [0, 0.05) is 18.7 Å².